The number of likely N-dealkylation sites (N-methyl/N-ethyl adjacent to an activating group) is 2. The van der Waals surface area contributed by atoms with Gasteiger partial charge in [-0.1, -0.05) is 12.1 Å². The average molecular weight is 244 g/mol. The molecule has 2 rings (SSSR count). The summed E-state index contributed by atoms with van der Waals surface area (Å²) in [6, 6.07) is 7.67. The number of para-hydroxylation sites is 2. The highest BCUT2D eigenvalue weighted by Crippen LogP contribution is 2.13. The van der Waals surface area contributed by atoms with Crippen molar-refractivity contribution in [3.8, 4) is 0 Å². The maximum absolute atomic E-state index is 11.6. The first-order chi connectivity index (χ1) is 8.58. The highest BCUT2D eigenvalue weighted by Gasteiger charge is 2.10. The summed E-state index contributed by atoms with van der Waals surface area (Å²) in [4.78, 5) is 23.8. The zero-order chi connectivity index (χ0) is 13.1. The summed E-state index contributed by atoms with van der Waals surface area (Å²) in [6.45, 7) is 0.292. The van der Waals surface area contributed by atoms with E-state index in [2.05, 4.69) is 9.97 Å². The van der Waals surface area contributed by atoms with E-state index in [4.69, 9.17) is 0 Å². The molecule has 0 aliphatic rings. The molecule has 1 aromatic heterocycles. The van der Waals surface area contributed by atoms with Gasteiger partial charge in [-0.3, -0.25) is 9.78 Å². The minimum atomic E-state index is 0.0347. The van der Waals surface area contributed by atoms with Crippen molar-refractivity contribution >= 4 is 22.8 Å². The van der Waals surface area contributed by atoms with E-state index in [1.54, 1.807) is 30.1 Å². The molecular weight excluding hydrogens is 228 g/mol. The van der Waals surface area contributed by atoms with Crippen LogP contribution in [0.3, 0.4) is 0 Å². The first kappa shape index (κ1) is 12.3. The number of fused-ring (bicyclic) bond motifs is 1. The van der Waals surface area contributed by atoms with Gasteiger partial charge in [0.15, 0.2) is 0 Å². The lowest BCUT2D eigenvalue weighted by Gasteiger charge is -2.19. The van der Waals surface area contributed by atoms with Gasteiger partial charge in [0, 0.05) is 21.1 Å². The van der Waals surface area contributed by atoms with Crippen LogP contribution < -0.4 is 4.90 Å². The molecule has 94 valence electrons. The van der Waals surface area contributed by atoms with Crippen LogP contribution in [0.2, 0.25) is 0 Å². The Morgan fingerprint density at radius 3 is 2.50 bits per heavy atom. The Balaban J connectivity index is 2.22. The van der Waals surface area contributed by atoms with Crippen LogP contribution in [-0.2, 0) is 4.79 Å². The molecule has 0 N–H and O–H groups in total. The van der Waals surface area contributed by atoms with Crippen molar-refractivity contribution in [2.45, 2.75) is 0 Å². The molecule has 1 heterocycles. The predicted octanol–water partition coefficient (Wildman–Crippen LogP) is 1.15. The largest absolute Gasteiger partial charge is 0.349 e. The summed E-state index contributed by atoms with van der Waals surface area (Å²) in [5.41, 5.74) is 1.69. The van der Waals surface area contributed by atoms with Crippen molar-refractivity contribution < 1.29 is 4.79 Å². The van der Waals surface area contributed by atoms with Gasteiger partial charge in [-0.15, -0.1) is 0 Å². The molecule has 0 fully saturated rings. The predicted molar refractivity (Wildman–Crippen MR) is 71.5 cm³/mol. The number of carbonyl (C=O) groups is 1. The number of anilines is 1. The zero-order valence-electron chi connectivity index (χ0n) is 10.8. The molecule has 0 aliphatic carbocycles. The smallest absolute Gasteiger partial charge is 0.241 e. The minimum Gasteiger partial charge on any atom is -0.349 e. The monoisotopic (exact) mass is 244 g/mol. The van der Waals surface area contributed by atoms with Gasteiger partial charge in [0.2, 0.25) is 5.91 Å². The second-order valence-electron chi connectivity index (χ2n) is 4.36. The zero-order valence-corrected chi connectivity index (χ0v) is 10.8. The maximum Gasteiger partial charge on any atom is 0.241 e. The summed E-state index contributed by atoms with van der Waals surface area (Å²) < 4.78 is 0. The fourth-order valence-corrected chi connectivity index (χ4v) is 1.56. The van der Waals surface area contributed by atoms with E-state index >= 15 is 0 Å². The van der Waals surface area contributed by atoms with Crippen molar-refractivity contribution in [2.75, 3.05) is 32.6 Å². The Kier molecular flexibility index (Phi) is 3.41. The molecule has 0 aliphatic heterocycles. The number of aromatic nitrogens is 2. The van der Waals surface area contributed by atoms with Crippen LogP contribution in [0.25, 0.3) is 11.0 Å². The summed E-state index contributed by atoms with van der Waals surface area (Å²) in [5.74, 6) is 0.733. The van der Waals surface area contributed by atoms with E-state index in [0.717, 1.165) is 11.0 Å². The van der Waals surface area contributed by atoms with Gasteiger partial charge in [-0.05, 0) is 12.1 Å². The third-order valence-electron chi connectivity index (χ3n) is 2.70. The Bertz CT molecular complexity index is 568. The molecule has 5 nitrogen and oxygen atoms in total. The number of hydrogen-bond donors (Lipinski definition) is 0. The number of hydrogen-bond acceptors (Lipinski definition) is 4. The highest BCUT2D eigenvalue weighted by molar-refractivity contribution is 5.81. The van der Waals surface area contributed by atoms with Crippen LogP contribution in [0.4, 0.5) is 5.82 Å². The van der Waals surface area contributed by atoms with Crippen molar-refractivity contribution in [2.24, 2.45) is 0 Å². The number of nitrogens with zero attached hydrogens (tertiary/aromatic N) is 4. The average Bonchev–Trinajstić information content (AvgIpc) is 2.37. The fourth-order valence-electron chi connectivity index (χ4n) is 1.56. The van der Waals surface area contributed by atoms with Gasteiger partial charge in [0.1, 0.15) is 5.82 Å². The lowest BCUT2D eigenvalue weighted by atomic mass is 10.3. The normalized spacial score (nSPS) is 10.4. The molecule has 2 aromatic rings. The van der Waals surface area contributed by atoms with Crippen molar-refractivity contribution in [3.05, 3.63) is 30.5 Å². The van der Waals surface area contributed by atoms with Crippen LogP contribution in [0.5, 0.6) is 0 Å². The molecule has 0 unspecified atom stereocenters. The summed E-state index contributed by atoms with van der Waals surface area (Å²) >= 11 is 0. The van der Waals surface area contributed by atoms with Crippen molar-refractivity contribution in [1.82, 2.24) is 14.9 Å². The standard InChI is InChI=1S/C13H16N4O/c1-16(2)13(18)9-17(3)12-8-14-10-6-4-5-7-11(10)15-12/h4-8H,9H2,1-3H3. The molecule has 0 atom stereocenters. The van der Waals surface area contributed by atoms with Gasteiger partial charge in [0.25, 0.3) is 0 Å². The van der Waals surface area contributed by atoms with E-state index in [-0.39, 0.29) is 5.91 Å². The third-order valence-corrected chi connectivity index (χ3v) is 2.70. The number of carbonyl (C=O) groups excluding carboxylic acids is 1. The Hall–Kier alpha value is -2.17. The van der Waals surface area contributed by atoms with Crippen molar-refractivity contribution in [3.63, 3.8) is 0 Å². The van der Waals surface area contributed by atoms with Gasteiger partial charge in [0.05, 0.1) is 23.8 Å². The second-order valence-corrected chi connectivity index (χ2v) is 4.36. The van der Waals surface area contributed by atoms with E-state index in [1.807, 2.05) is 31.3 Å². The van der Waals surface area contributed by atoms with Crippen LogP contribution in [0.15, 0.2) is 30.5 Å². The van der Waals surface area contributed by atoms with Crippen LogP contribution in [0, 0.1) is 0 Å². The third kappa shape index (κ3) is 2.56. The Labute approximate surface area is 106 Å². The number of benzene rings is 1. The van der Waals surface area contributed by atoms with Gasteiger partial charge >= 0.3 is 0 Å². The van der Waals surface area contributed by atoms with Crippen LogP contribution in [0.1, 0.15) is 0 Å². The molecule has 5 heteroatoms. The second kappa shape index (κ2) is 5.00. The van der Waals surface area contributed by atoms with E-state index < -0.39 is 0 Å². The van der Waals surface area contributed by atoms with Gasteiger partial charge in [-0.25, -0.2) is 4.98 Å². The molecule has 18 heavy (non-hydrogen) atoms. The van der Waals surface area contributed by atoms with Crippen molar-refractivity contribution in [1.29, 1.82) is 0 Å². The first-order valence-electron chi connectivity index (χ1n) is 5.71. The highest BCUT2D eigenvalue weighted by atomic mass is 16.2. The molecule has 0 bridgehead atoms. The molecule has 0 radical (unpaired) electrons. The molecule has 1 amide bonds. The van der Waals surface area contributed by atoms with Crippen LogP contribution in [-0.4, -0.2) is 48.5 Å². The number of amides is 1. The molecule has 0 saturated carbocycles. The Morgan fingerprint density at radius 1 is 1.17 bits per heavy atom. The SMILES string of the molecule is CN(C)C(=O)CN(C)c1cnc2ccccc2n1. The van der Waals surface area contributed by atoms with E-state index in [0.29, 0.717) is 12.4 Å². The molecule has 0 saturated heterocycles. The number of rotatable bonds is 3. The van der Waals surface area contributed by atoms with Crippen LogP contribution >= 0.6 is 0 Å². The molecule has 0 spiro atoms. The minimum absolute atomic E-state index is 0.0347. The molecule has 1 aromatic carbocycles. The quantitative estimate of drug-likeness (QED) is 0.812. The Morgan fingerprint density at radius 2 is 1.83 bits per heavy atom. The maximum atomic E-state index is 11.6. The van der Waals surface area contributed by atoms with E-state index in [9.17, 15) is 4.79 Å². The topological polar surface area (TPSA) is 49.3 Å². The first-order valence-corrected chi connectivity index (χ1v) is 5.71. The summed E-state index contributed by atoms with van der Waals surface area (Å²) in [5, 5.41) is 0. The lowest BCUT2D eigenvalue weighted by molar-refractivity contribution is -0.127. The summed E-state index contributed by atoms with van der Waals surface area (Å²) in [6.07, 6.45) is 1.69. The van der Waals surface area contributed by atoms with Gasteiger partial charge in [-0.2, -0.15) is 0 Å². The van der Waals surface area contributed by atoms with Gasteiger partial charge < -0.3 is 9.80 Å². The summed E-state index contributed by atoms with van der Waals surface area (Å²) in [7, 11) is 5.31. The fraction of sp³-hybridized carbons (Fsp3) is 0.308. The van der Waals surface area contributed by atoms with E-state index in [1.165, 1.54) is 0 Å². The molecular formula is C13H16N4O. The lowest BCUT2D eigenvalue weighted by Crippen LogP contribution is -2.34.